The van der Waals surface area contributed by atoms with E-state index in [9.17, 15) is 0 Å². The molecule has 0 unspecified atom stereocenters. The smallest absolute Gasteiger partial charge is 0.131 e. The molecule has 1 aromatic rings. The number of hydrogen-bond donors (Lipinski definition) is 1. The monoisotopic (exact) mass is 277 g/mol. The highest BCUT2D eigenvalue weighted by Gasteiger charge is 2.16. The standard InChI is InChI=1S/C17H31N3/c1-13-9-14(11-19-17(5,6)7)10-18-15(13)20(8)12-16(2,3)4/h9-10,19H,11-12H2,1-8H3. The van der Waals surface area contributed by atoms with Crippen molar-refractivity contribution in [2.24, 2.45) is 5.41 Å². The molecule has 20 heavy (non-hydrogen) atoms. The van der Waals surface area contributed by atoms with Crippen molar-refractivity contribution >= 4 is 5.82 Å². The second-order valence-electron chi connectivity index (χ2n) is 8.00. The van der Waals surface area contributed by atoms with E-state index in [0.717, 1.165) is 18.9 Å². The van der Waals surface area contributed by atoms with Crippen LogP contribution in [0.1, 0.15) is 52.7 Å². The molecule has 0 radical (unpaired) electrons. The molecule has 1 aromatic heterocycles. The largest absolute Gasteiger partial charge is 0.359 e. The summed E-state index contributed by atoms with van der Waals surface area (Å²) >= 11 is 0. The van der Waals surface area contributed by atoms with E-state index in [1.165, 1.54) is 11.1 Å². The highest BCUT2D eigenvalue weighted by atomic mass is 15.2. The molecule has 0 atom stereocenters. The summed E-state index contributed by atoms with van der Waals surface area (Å²) in [6.45, 7) is 17.3. The third kappa shape index (κ3) is 5.91. The predicted molar refractivity (Wildman–Crippen MR) is 88.3 cm³/mol. The van der Waals surface area contributed by atoms with Crippen LogP contribution >= 0.6 is 0 Å². The van der Waals surface area contributed by atoms with Crippen molar-refractivity contribution < 1.29 is 0 Å². The molecule has 114 valence electrons. The summed E-state index contributed by atoms with van der Waals surface area (Å²) in [5.74, 6) is 1.08. The van der Waals surface area contributed by atoms with Gasteiger partial charge in [0.2, 0.25) is 0 Å². The van der Waals surface area contributed by atoms with Gasteiger partial charge in [-0.25, -0.2) is 4.98 Å². The minimum atomic E-state index is 0.135. The normalized spacial score (nSPS) is 12.6. The molecule has 1 heterocycles. The first-order valence-electron chi connectivity index (χ1n) is 7.40. The van der Waals surface area contributed by atoms with Crippen LogP contribution in [0.3, 0.4) is 0 Å². The summed E-state index contributed by atoms with van der Waals surface area (Å²) in [5.41, 5.74) is 2.89. The third-order valence-corrected chi connectivity index (χ3v) is 3.00. The van der Waals surface area contributed by atoms with Crippen LogP contribution in [0.25, 0.3) is 0 Å². The Bertz CT molecular complexity index is 439. The van der Waals surface area contributed by atoms with Crippen LogP contribution in [0.4, 0.5) is 5.82 Å². The van der Waals surface area contributed by atoms with Gasteiger partial charge >= 0.3 is 0 Å². The third-order valence-electron chi connectivity index (χ3n) is 3.00. The Morgan fingerprint density at radius 2 is 1.75 bits per heavy atom. The quantitative estimate of drug-likeness (QED) is 0.908. The maximum absolute atomic E-state index is 4.65. The number of nitrogens with one attached hydrogen (secondary N) is 1. The molecule has 0 saturated carbocycles. The fraction of sp³-hybridized carbons (Fsp3) is 0.706. The van der Waals surface area contributed by atoms with Crippen LogP contribution in [-0.4, -0.2) is 24.1 Å². The number of nitrogens with zero attached hydrogens (tertiary/aromatic N) is 2. The number of aryl methyl sites for hydroxylation is 1. The molecule has 0 aliphatic carbocycles. The van der Waals surface area contributed by atoms with E-state index >= 15 is 0 Å². The van der Waals surface area contributed by atoms with Crippen LogP contribution in [0.5, 0.6) is 0 Å². The van der Waals surface area contributed by atoms with E-state index in [1.807, 2.05) is 6.20 Å². The lowest BCUT2D eigenvalue weighted by Crippen LogP contribution is -2.35. The molecule has 3 nitrogen and oxygen atoms in total. The van der Waals surface area contributed by atoms with Crippen molar-refractivity contribution in [3.63, 3.8) is 0 Å². The first kappa shape index (κ1) is 17.0. The molecular weight excluding hydrogens is 246 g/mol. The fourth-order valence-corrected chi connectivity index (χ4v) is 2.28. The molecule has 0 aromatic carbocycles. The van der Waals surface area contributed by atoms with Gasteiger partial charge in [-0.1, -0.05) is 20.8 Å². The first-order chi connectivity index (χ1) is 8.98. The fourth-order valence-electron chi connectivity index (χ4n) is 2.28. The maximum atomic E-state index is 4.65. The molecule has 1 rings (SSSR count). The number of hydrogen-bond acceptors (Lipinski definition) is 3. The van der Waals surface area contributed by atoms with E-state index < -0.39 is 0 Å². The van der Waals surface area contributed by atoms with Crippen molar-refractivity contribution in [1.29, 1.82) is 0 Å². The lowest BCUT2D eigenvalue weighted by atomic mass is 9.96. The molecule has 0 aliphatic rings. The Morgan fingerprint density at radius 1 is 1.15 bits per heavy atom. The van der Waals surface area contributed by atoms with E-state index in [-0.39, 0.29) is 11.0 Å². The Morgan fingerprint density at radius 3 is 2.20 bits per heavy atom. The molecule has 0 saturated heterocycles. The average molecular weight is 277 g/mol. The zero-order valence-electron chi connectivity index (χ0n) is 14.5. The van der Waals surface area contributed by atoms with Gasteiger partial charge < -0.3 is 10.2 Å². The van der Waals surface area contributed by atoms with Gasteiger partial charge in [-0.05, 0) is 50.3 Å². The van der Waals surface area contributed by atoms with Gasteiger partial charge in [0.15, 0.2) is 0 Å². The van der Waals surface area contributed by atoms with Crippen molar-refractivity contribution in [3.8, 4) is 0 Å². The molecule has 0 spiro atoms. The Balaban J connectivity index is 2.78. The van der Waals surface area contributed by atoms with Gasteiger partial charge in [0.05, 0.1) is 0 Å². The maximum Gasteiger partial charge on any atom is 0.131 e. The van der Waals surface area contributed by atoms with Crippen molar-refractivity contribution in [2.75, 3.05) is 18.5 Å². The van der Waals surface area contributed by atoms with Crippen LogP contribution in [0.15, 0.2) is 12.3 Å². The second kappa shape index (κ2) is 6.13. The lowest BCUT2D eigenvalue weighted by Gasteiger charge is -2.28. The van der Waals surface area contributed by atoms with Gasteiger partial charge in [0, 0.05) is 31.9 Å². The zero-order chi connectivity index (χ0) is 15.6. The van der Waals surface area contributed by atoms with Gasteiger partial charge in [-0.3, -0.25) is 0 Å². The van der Waals surface area contributed by atoms with Crippen LogP contribution in [0, 0.1) is 12.3 Å². The van der Waals surface area contributed by atoms with Gasteiger partial charge in [-0.2, -0.15) is 0 Å². The highest BCUT2D eigenvalue weighted by Crippen LogP contribution is 2.22. The van der Waals surface area contributed by atoms with Crippen LogP contribution in [0.2, 0.25) is 0 Å². The van der Waals surface area contributed by atoms with E-state index in [2.05, 4.69) is 76.8 Å². The Kier molecular flexibility index (Phi) is 5.20. The topological polar surface area (TPSA) is 28.2 Å². The van der Waals surface area contributed by atoms with Gasteiger partial charge in [0.1, 0.15) is 5.82 Å². The molecule has 0 aliphatic heterocycles. The SMILES string of the molecule is Cc1cc(CNC(C)(C)C)cnc1N(C)CC(C)(C)C. The number of anilines is 1. The molecule has 0 amide bonds. The van der Waals surface area contributed by atoms with E-state index in [4.69, 9.17) is 0 Å². The average Bonchev–Trinajstić information content (AvgIpc) is 2.22. The summed E-state index contributed by atoms with van der Waals surface area (Å²) in [5, 5.41) is 3.50. The zero-order valence-corrected chi connectivity index (χ0v) is 14.5. The predicted octanol–water partition coefficient (Wildman–Crippen LogP) is 3.76. The van der Waals surface area contributed by atoms with Crippen molar-refractivity contribution in [3.05, 3.63) is 23.4 Å². The molecule has 0 bridgehead atoms. The summed E-state index contributed by atoms with van der Waals surface area (Å²) in [6, 6.07) is 2.24. The minimum absolute atomic E-state index is 0.135. The summed E-state index contributed by atoms with van der Waals surface area (Å²) in [7, 11) is 2.12. The summed E-state index contributed by atoms with van der Waals surface area (Å²) in [4.78, 5) is 6.90. The Hall–Kier alpha value is -1.09. The van der Waals surface area contributed by atoms with Crippen molar-refractivity contribution in [1.82, 2.24) is 10.3 Å². The lowest BCUT2D eigenvalue weighted by molar-refractivity contribution is 0.417. The first-order valence-corrected chi connectivity index (χ1v) is 7.40. The number of aromatic nitrogens is 1. The van der Waals surface area contributed by atoms with E-state index in [1.54, 1.807) is 0 Å². The molecule has 0 fully saturated rings. The second-order valence-corrected chi connectivity index (χ2v) is 8.00. The molecule has 3 heteroatoms. The van der Waals surface area contributed by atoms with E-state index in [0.29, 0.717) is 0 Å². The number of pyridine rings is 1. The minimum Gasteiger partial charge on any atom is -0.359 e. The van der Waals surface area contributed by atoms with Crippen LogP contribution in [-0.2, 0) is 6.54 Å². The summed E-state index contributed by atoms with van der Waals surface area (Å²) in [6.07, 6.45) is 1.99. The summed E-state index contributed by atoms with van der Waals surface area (Å²) < 4.78 is 0. The molecule has 1 N–H and O–H groups in total. The number of rotatable bonds is 4. The Labute approximate surface area is 124 Å². The highest BCUT2D eigenvalue weighted by molar-refractivity contribution is 5.46. The van der Waals surface area contributed by atoms with Gasteiger partial charge in [-0.15, -0.1) is 0 Å². The molecular formula is C17H31N3. The van der Waals surface area contributed by atoms with Crippen LogP contribution < -0.4 is 10.2 Å². The van der Waals surface area contributed by atoms with Crippen molar-refractivity contribution in [2.45, 2.75) is 60.5 Å². The van der Waals surface area contributed by atoms with Gasteiger partial charge in [0.25, 0.3) is 0 Å².